The van der Waals surface area contributed by atoms with Crippen LogP contribution in [0.5, 0.6) is 11.5 Å². The third kappa shape index (κ3) is 5.82. The monoisotopic (exact) mass is 484 g/mol. The summed E-state index contributed by atoms with van der Waals surface area (Å²) in [7, 11) is 1.51. The summed E-state index contributed by atoms with van der Waals surface area (Å²) in [5, 5.41) is 5.93. The molecule has 0 bridgehead atoms. The normalized spacial score (nSPS) is 10.8. The summed E-state index contributed by atoms with van der Waals surface area (Å²) in [5.74, 6) is -0.00213. The maximum Gasteiger partial charge on any atom is 0.344 e. The van der Waals surface area contributed by atoms with Crippen LogP contribution in [-0.2, 0) is 9.53 Å². The fourth-order valence-corrected chi connectivity index (χ4v) is 3.26. The van der Waals surface area contributed by atoms with Crippen molar-refractivity contribution < 1.29 is 23.8 Å². The maximum atomic E-state index is 12.7. The first-order valence-corrected chi connectivity index (χ1v) is 10.3. The van der Waals surface area contributed by atoms with Crippen molar-refractivity contribution in [3.05, 3.63) is 70.2 Å². The van der Waals surface area contributed by atoms with E-state index in [2.05, 4.69) is 26.5 Å². The molecular formula is C23H21BrN2O5. The molecule has 0 aliphatic rings. The number of fused-ring (bicyclic) bond motifs is 1. The van der Waals surface area contributed by atoms with Crippen LogP contribution in [0.25, 0.3) is 10.8 Å². The van der Waals surface area contributed by atoms with Crippen LogP contribution in [-0.4, -0.2) is 38.4 Å². The van der Waals surface area contributed by atoms with Crippen LogP contribution in [0.1, 0.15) is 22.8 Å². The molecule has 3 rings (SSSR count). The van der Waals surface area contributed by atoms with Gasteiger partial charge in [0.15, 0.2) is 6.61 Å². The molecule has 3 aromatic carbocycles. The Kier molecular flexibility index (Phi) is 7.61. The Labute approximate surface area is 188 Å². The zero-order valence-corrected chi connectivity index (χ0v) is 18.6. The van der Waals surface area contributed by atoms with E-state index < -0.39 is 11.9 Å². The number of carbonyl (C=O) groups is 2. The third-order valence-corrected chi connectivity index (χ3v) is 4.80. The van der Waals surface area contributed by atoms with Crippen molar-refractivity contribution in [1.29, 1.82) is 0 Å². The maximum absolute atomic E-state index is 12.7. The van der Waals surface area contributed by atoms with Gasteiger partial charge in [0, 0.05) is 10.0 Å². The van der Waals surface area contributed by atoms with Gasteiger partial charge in [-0.2, -0.15) is 5.10 Å². The van der Waals surface area contributed by atoms with Gasteiger partial charge in [-0.3, -0.25) is 4.79 Å². The number of benzene rings is 3. The van der Waals surface area contributed by atoms with E-state index in [1.54, 1.807) is 31.2 Å². The fraction of sp³-hybridized carbons (Fsp3) is 0.174. The van der Waals surface area contributed by atoms with Crippen molar-refractivity contribution in [3.63, 3.8) is 0 Å². The molecule has 0 radical (unpaired) electrons. The molecule has 8 heteroatoms. The lowest BCUT2D eigenvalue weighted by atomic mass is 10.1. The number of halogens is 1. The highest BCUT2D eigenvalue weighted by molar-refractivity contribution is 9.10. The molecule has 0 aliphatic carbocycles. The molecule has 0 heterocycles. The number of carbonyl (C=O) groups excluding carboxylic acids is 2. The number of rotatable bonds is 8. The van der Waals surface area contributed by atoms with Gasteiger partial charge in [0.25, 0.3) is 5.91 Å². The first kappa shape index (κ1) is 22.3. The van der Waals surface area contributed by atoms with Crippen LogP contribution in [0, 0.1) is 0 Å². The Morgan fingerprint density at radius 3 is 2.52 bits per heavy atom. The predicted octanol–water partition coefficient (Wildman–Crippen LogP) is 4.32. The highest BCUT2D eigenvalue weighted by atomic mass is 79.9. The zero-order valence-electron chi connectivity index (χ0n) is 17.1. The number of hydrogen-bond donors (Lipinski definition) is 1. The number of esters is 1. The lowest BCUT2D eigenvalue weighted by Gasteiger charge is -2.10. The second-order valence-electron chi connectivity index (χ2n) is 6.37. The van der Waals surface area contributed by atoms with E-state index in [0.717, 1.165) is 15.2 Å². The Morgan fingerprint density at radius 2 is 1.81 bits per heavy atom. The van der Waals surface area contributed by atoms with Gasteiger partial charge in [-0.25, -0.2) is 10.2 Å². The van der Waals surface area contributed by atoms with E-state index in [4.69, 9.17) is 14.2 Å². The average Bonchev–Trinajstić information content (AvgIpc) is 2.77. The molecule has 160 valence electrons. The van der Waals surface area contributed by atoms with Gasteiger partial charge in [0.1, 0.15) is 11.5 Å². The Balaban J connectivity index is 1.76. The summed E-state index contributed by atoms with van der Waals surface area (Å²) in [6.07, 6.45) is 1.44. The van der Waals surface area contributed by atoms with Gasteiger partial charge >= 0.3 is 5.97 Å². The standard InChI is InChI=1S/C23H21BrN2O5/c1-3-30-22(27)14-31-20-9-8-18(24)10-17(20)13-25-26-23(28)19-11-15-6-4-5-7-16(15)12-21(19)29-2/h4-13H,3,14H2,1-2H3,(H,26,28)/b25-13-. The highest BCUT2D eigenvalue weighted by Crippen LogP contribution is 2.26. The minimum atomic E-state index is -0.468. The predicted molar refractivity (Wildman–Crippen MR) is 122 cm³/mol. The van der Waals surface area contributed by atoms with E-state index >= 15 is 0 Å². The summed E-state index contributed by atoms with van der Waals surface area (Å²) in [6.45, 7) is 1.78. The number of methoxy groups -OCH3 is 1. The van der Waals surface area contributed by atoms with Gasteiger partial charge in [0.2, 0.25) is 0 Å². The molecule has 0 saturated carbocycles. The average molecular weight is 485 g/mol. The van der Waals surface area contributed by atoms with Crippen molar-refractivity contribution >= 4 is 44.8 Å². The largest absolute Gasteiger partial charge is 0.496 e. The minimum absolute atomic E-state index is 0.225. The molecule has 0 saturated heterocycles. The van der Waals surface area contributed by atoms with Gasteiger partial charge in [0.05, 0.1) is 25.5 Å². The lowest BCUT2D eigenvalue weighted by Crippen LogP contribution is -2.19. The number of nitrogens with zero attached hydrogens (tertiary/aromatic N) is 1. The molecule has 1 N–H and O–H groups in total. The Morgan fingerprint density at radius 1 is 1.06 bits per heavy atom. The summed E-state index contributed by atoms with van der Waals surface area (Å²) < 4.78 is 16.5. The van der Waals surface area contributed by atoms with Gasteiger partial charge in [-0.15, -0.1) is 0 Å². The number of nitrogens with one attached hydrogen (secondary N) is 1. The van der Waals surface area contributed by atoms with E-state index in [0.29, 0.717) is 22.6 Å². The van der Waals surface area contributed by atoms with Crippen LogP contribution < -0.4 is 14.9 Å². The second kappa shape index (κ2) is 10.6. The summed E-state index contributed by atoms with van der Waals surface area (Å²) >= 11 is 3.39. The smallest absolute Gasteiger partial charge is 0.344 e. The molecule has 0 aromatic heterocycles. The van der Waals surface area contributed by atoms with Crippen LogP contribution in [0.3, 0.4) is 0 Å². The van der Waals surface area contributed by atoms with Crippen molar-refractivity contribution in [1.82, 2.24) is 5.43 Å². The summed E-state index contributed by atoms with van der Waals surface area (Å²) in [4.78, 5) is 24.2. The molecule has 1 amide bonds. The van der Waals surface area contributed by atoms with Crippen molar-refractivity contribution in [2.45, 2.75) is 6.92 Å². The summed E-state index contributed by atoms with van der Waals surface area (Å²) in [6, 6.07) is 16.5. The Hall–Kier alpha value is -3.39. The van der Waals surface area contributed by atoms with Gasteiger partial charge in [-0.05, 0) is 48.0 Å². The molecule has 0 fully saturated rings. The van der Waals surface area contributed by atoms with E-state index in [1.165, 1.54) is 13.3 Å². The van der Waals surface area contributed by atoms with Crippen molar-refractivity contribution in [2.24, 2.45) is 5.10 Å². The van der Waals surface area contributed by atoms with E-state index in [9.17, 15) is 9.59 Å². The van der Waals surface area contributed by atoms with Crippen LogP contribution in [0.15, 0.2) is 64.2 Å². The molecular weight excluding hydrogens is 464 g/mol. The fourth-order valence-electron chi connectivity index (χ4n) is 2.88. The number of ether oxygens (including phenoxy) is 3. The third-order valence-electron chi connectivity index (χ3n) is 4.30. The number of amides is 1. The quantitative estimate of drug-likeness (QED) is 0.292. The SMILES string of the molecule is CCOC(=O)COc1ccc(Br)cc1/C=N\NC(=O)c1cc2ccccc2cc1OC. The molecule has 0 aliphatic heterocycles. The van der Waals surface area contributed by atoms with Gasteiger partial charge < -0.3 is 14.2 Å². The first-order valence-electron chi connectivity index (χ1n) is 9.50. The highest BCUT2D eigenvalue weighted by Gasteiger charge is 2.13. The van der Waals surface area contributed by atoms with Crippen LogP contribution in [0.2, 0.25) is 0 Å². The molecule has 31 heavy (non-hydrogen) atoms. The number of hydrazone groups is 1. The second-order valence-corrected chi connectivity index (χ2v) is 7.29. The first-order chi connectivity index (χ1) is 15.0. The molecule has 0 spiro atoms. The molecule has 3 aromatic rings. The zero-order chi connectivity index (χ0) is 22.2. The van der Waals surface area contributed by atoms with Crippen LogP contribution >= 0.6 is 15.9 Å². The van der Waals surface area contributed by atoms with E-state index in [-0.39, 0.29) is 13.2 Å². The van der Waals surface area contributed by atoms with Gasteiger partial charge in [-0.1, -0.05) is 40.2 Å². The Bertz CT molecular complexity index is 1130. The molecule has 7 nitrogen and oxygen atoms in total. The molecule has 0 atom stereocenters. The lowest BCUT2D eigenvalue weighted by molar-refractivity contribution is -0.145. The van der Waals surface area contributed by atoms with Crippen molar-refractivity contribution in [3.8, 4) is 11.5 Å². The van der Waals surface area contributed by atoms with Crippen molar-refractivity contribution in [2.75, 3.05) is 20.3 Å². The number of hydrogen-bond acceptors (Lipinski definition) is 6. The van der Waals surface area contributed by atoms with Crippen LogP contribution in [0.4, 0.5) is 0 Å². The topological polar surface area (TPSA) is 86.2 Å². The minimum Gasteiger partial charge on any atom is -0.496 e. The molecule has 0 unspecified atom stereocenters. The van der Waals surface area contributed by atoms with E-state index in [1.807, 2.05) is 30.3 Å². The summed E-state index contributed by atoms with van der Waals surface area (Å²) in [5.41, 5.74) is 3.45.